The molecule has 3 rings (SSSR count). The fourth-order valence-corrected chi connectivity index (χ4v) is 3.94. The number of hydrogen-bond donors (Lipinski definition) is 1. The van der Waals surface area contributed by atoms with Crippen molar-refractivity contribution in [1.82, 2.24) is 4.90 Å². The zero-order valence-electron chi connectivity index (χ0n) is 18.5. The number of nitrogens with zero attached hydrogens (tertiary/aromatic N) is 1. The van der Waals surface area contributed by atoms with E-state index in [1.165, 1.54) is 0 Å². The fraction of sp³-hybridized carbons (Fsp3) is 0.385. The lowest BCUT2D eigenvalue weighted by Gasteiger charge is -2.23. The zero-order chi connectivity index (χ0) is 22.4. The lowest BCUT2D eigenvalue weighted by atomic mass is 9.96. The molecule has 0 saturated heterocycles. The summed E-state index contributed by atoms with van der Waals surface area (Å²) in [4.78, 5) is 25.8. The van der Waals surface area contributed by atoms with Gasteiger partial charge in [0.1, 0.15) is 5.75 Å². The normalized spacial score (nSPS) is 16.7. The van der Waals surface area contributed by atoms with Gasteiger partial charge in [-0.3, -0.25) is 4.79 Å². The molecule has 164 valence electrons. The topological polar surface area (TPSA) is 66.8 Å². The summed E-state index contributed by atoms with van der Waals surface area (Å²) in [5.41, 5.74) is 3.93. The third kappa shape index (κ3) is 6.20. The van der Waals surface area contributed by atoms with E-state index in [1.54, 1.807) is 6.07 Å². The quantitative estimate of drug-likeness (QED) is 0.534. The molecule has 1 aliphatic rings. The number of carboxylic acid groups (broad SMARTS) is 1. The number of Topliss-reactive ketones (excluding diaryl/α,β-unsaturated/α-hetero) is 1. The average molecular weight is 422 g/mol. The molecule has 0 amide bonds. The van der Waals surface area contributed by atoms with Gasteiger partial charge in [0.15, 0.2) is 12.4 Å². The Kier molecular flexibility index (Phi) is 7.50. The first-order valence-electron chi connectivity index (χ1n) is 10.9. The molecule has 2 atom stereocenters. The van der Waals surface area contributed by atoms with Gasteiger partial charge >= 0.3 is 5.97 Å². The van der Waals surface area contributed by atoms with Gasteiger partial charge in [-0.15, -0.1) is 0 Å². The van der Waals surface area contributed by atoms with Gasteiger partial charge in [-0.25, -0.2) is 4.79 Å². The van der Waals surface area contributed by atoms with E-state index in [0.717, 1.165) is 48.1 Å². The number of carbonyl (C=O) groups is 2. The van der Waals surface area contributed by atoms with E-state index >= 15 is 0 Å². The van der Waals surface area contributed by atoms with Crippen LogP contribution in [0.25, 0.3) is 0 Å². The minimum absolute atomic E-state index is 0.126. The van der Waals surface area contributed by atoms with Crippen LogP contribution >= 0.6 is 0 Å². The Hall–Kier alpha value is -3.08. The third-order valence-electron chi connectivity index (χ3n) is 5.85. The molecule has 31 heavy (non-hydrogen) atoms. The van der Waals surface area contributed by atoms with Gasteiger partial charge in [0.05, 0.1) is 0 Å². The van der Waals surface area contributed by atoms with Crippen molar-refractivity contribution in [2.45, 2.75) is 52.0 Å². The van der Waals surface area contributed by atoms with Crippen LogP contribution in [0.1, 0.15) is 60.5 Å². The van der Waals surface area contributed by atoms with E-state index in [1.807, 2.05) is 49.5 Å². The van der Waals surface area contributed by atoms with Crippen molar-refractivity contribution in [2.75, 3.05) is 13.2 Å². The molecule has 1 heterocycles. The molecule has 0 fully saturated rings. The van der Waals surface area contributed by atoms with Gasteiger partial charge in [0, 0.05) is 29.9 Å². The number of aliphatic carboxylic acids is 1. The van der Waals surface area contributed by atoms with Gasteiger partial charge in [0.25, 0.3) is 0 Å². The highest BCUT2D eigenvalue weighted by Crippen LogP contribution is 2.28. The molecule has 1 N–H and O–H groups in total. The molecule has 0 saturated carbocycles. The lowest BCUT2D eigenvalue weighted by Crippen LogP contribution is -2.24. The van der Waals surface area contributed by atoms with Crippen LogP contribution in [0, 0.1) is 6.92 Å². The molecule has 2 unspecified atom stereocenters. The number of benzene rings is 2. The first-order valence-corrected chi connectivity index (χ1v) is 10.9. The summed E-state index contributed by atoms with van der Waals surface area (Å²) < 4.78 is 5.29. The zero-order valence-corrected chi connectivity index (χ0v) is 18.5. The molecule has 0 bridgehead atoms. The second kappa shape index (κ2) is 10.3. The predicted octanol–water partition coefficient (Wildman–Crippen LogP) is 5.20. The Morgan fingerprint density at radius 1 is 1.19 bits per heavy atom. The van der Waals surface area contributed by atoms with Crippen LogP contribution in [-0.4, -0.2) is 41.0 Å². The molecule has 5 heteroatoms. The van der Waals surface area contributed by atoms with E-state index in [-0.39, 0.29) is 12.4 Å². The van der Waals surface area contributed by atoms with Crippen molar-refractivity contribution in [3.8, 4) is 5.75 Å². The Morgan fingerprint density at radius 2 is 1.94 bits per heavy atom. The molecule has 0 aromatic heterocycles. The summed E-state index contributed by atoms with van der Waals surface area (Å²) in [6.07, 6.45) is 4.83. The summed E-state index contributed by atoms with van der Waals surface area (Å²) in [5, 5.41) is 8.77. The molecule has 2 aromatic rings. The van der Waals surface area contributed by atoms with Crippen molar-refractivity contribution in [3.63, 3.8) is 0 Å². The molecular formula is C26H31NO4. The fourth-order valence-electron chi connectivity index (χ4n) is 3.94. The van der Waals surface area contributed by atoms with Crippen LogP contribution in [0.3, 0.4) is 0 Å². The number of hydrogen-bond acceptors (Lipinski definition) is 4. The Bertz CT molecular complexity index is 948. The SMILES string of the molecule is Cc1ccc(C(=O)C2=CN(CCCC(C)c3cccc(OCC(=O)O)c3)C(C)C2)cc1. The highest BCUT2D eigenvalue weighted by atomic mass is 16.5. The maximum Gasteiger partial charge on any atom is 0.341 e. The van der Waals surface area contributed by atoms with E-state index in [0.29, 0.717) is 17.7 Å². The van der Waals surface area contributed by atoms with Crippen molar-refractivity contribution in [3.05, 3.63) is 77.0 Å². The standard InChI is InChI=1S/C26H31NO4/c1-18-9-11-21(12-10-18)26(30)23-14-20(3)27(16-23)13-5-6-19(2)22-7-4-8-24(15-22)31-17-25(28)29/h4,7-12,15-16,19-20H,5-6,13-14,17H2,1-3H3,(H,28,29). The molecule has 5 nitrogen and oxygen atoms in total. The highest BCUT2D eigenvalue weighted by Gasteiger charge is 2.25. The summed E-state index contributed by atoms with van der Waals surface area (Å²) in [6.45, 7) is 6.93. The number of carbonyl (C=O) groups excluding carboxylic acids is 1. The van der Waals surface area contributed by atoms with E-state index in [9.17, 15) is 9.59 Å². The molecule has 0 spiro atoms. The Labute approximate surface area is 184 Å². The van der Waals surface area contributed by atoms with E-state index in [2.05, 4.69) is 24.8 Å². The molecule has 0 aliphatic carbocycles. The summed E-state index contributed by atoms with van der Waals surface area (Å²) in [5.74, 6) is 0.0680. The number of carboxylic acids is 1. The number of aryl methyl sites for hydroxylation is 1. The van der Waals surface area contributed by atoms with Crippen LogP contribution < -0.4 is 4.74 Å². The van der Waals surface area contributed by atoms with Crippen LogP contribution in [0.15, 0.2) is 60.3 Å². The number of rotatable bonds is 10. The predicted molar refractivity (Wildman–Crippen MR) is 122 cm³/mol. The maximum absolute atomic E-state index is 12.8. The van der Waals surface area contributed by atoms with Gasteiger partial charge in [-0.05, 0) is 56.7 Å². The lowest BCUT2D eigenvalue weighted by molar-refractivity contribution is -0.139. The molecular weight excluding hydrogens is 390 g/mol. The smallest absolute Gasteiger partial charge is 0.341 e. The first-order chi connectivity index (χ1) is 14.8. The van der Waals surface area contributed by atoms with Crippen molar-refractivity contribution in [2.24, 2.45) is 0 Å². The van der Waals surface area contributed by atoms with Gasteiger partial charge in [-0.1, -0.05) is 48.9 Å². The maximum atomic E-state index is 12.8. The van der Waals surface area contributed by atoms with E-state index in [4.69, 9.17) is 9.84 Å². The Balaban J connectivity index is 1.53. The molecule has 2 aromatic carbocycles. The van der Waals surface area contributed by atoms with Crippen molar-refractivity contribution < 1.29 is 19.4 Å². The largest absolute Gasteiger partial charge is 0.482 e. The summed E-state index contributed by atoms with van der Waals surface area (Å²) in [6, 6.07) is 15.7. The highest BCUT2D eigenvalue weighted by molar-refractivity contribution is 6.08. The van der Waals surface area contributed by atoms with Crippen LogP contribution in [-0.2, 0) is 4.79 Å². The second-order valence-corrected chi connectivity index (χ2v) is 8.44. The minimum atomic E-state index is -0.980. The molecule has 0 radical (unpaired) electrons. The average Bonchev–Trinajstić information content (AvgIpc) is 3.13. The number of ketones is 1. The van der Waals surface area contributed by atoms with Gasteiger partial charge in [-0.2, -0.15) is 0 Å². The number of ether oxygens (including phenoxy) is 1. The first kappa shape index (κ1) is 22.6. The van der Waals surface area contributed by atoms with Crippen LogP contribution in [0.5, 0.6) is 5.75 Å². The van der Waals surface area contributed by atoms with Crippen molar-refractivity contribution >= 4 is 11.8 Å². The van der Waals surface area contributed by atoms with E-state index < -0.39 is 5.97 Å². The second-order valence-electron chi connectivity index (χ2n) is 8.44. The minimum Gasteiger partial charge on any atom is -0.482 e. The third-order valence-corrected chi connectivity index (χ3v) is 5.85. The van der Waals surface area contributed by atoms with Crippen LogP contribution in [0.4, 0.5) is 0 Å². The monoisotopic (exact) mass is 421 g/mol. The summed E-state index contributed by atoms with van der Waals surface area (Å²) in [7, 11) is 0. The van der Waals surface area contributed by atoms with Crippen molar-refractivity contribution in [1.29, 1.82) is 0 Å². The molecule has 1 aliphatic heterocycles. The van der Waals surface area contributed by atoms with Gasteiger partial charge < -0.3 is 14.7 Å². The van der Waals surface area contributed by atoms with Crippen LogP contribution in [0.2, 0.25) is 0 Å². The summed E-state index contributed by atoms with van der Waals surface area (Å²) >= 11 is 0. The van der Waals surface area contributed by atoms with Gasteiger partial charge in [0.2, 0.25) is 0 Å². The Morgan fingerprint density at radius 3 is 2.65 bits per heavy atom.